The Hall–Kier alpha value is -1.14. The highest BCUT2D eigenvalue weighted by Gasteiger charge is 2.27. The van der Waals surface area contributed by atoms with Crippen LogP contribution in [0.1, 0.15) is 11.1 Å². The average molecular weight is 237 g/mol. The van der Waals surface area contributed by atoms with Gasteiger partial charge in [0.15, 0.2) is 0 Å². The van der Waals surface area contributed by atoms with E-state index in [0.717, 1.165) is 6.07 Å². The second kappa shape index (κ2) is 5.27. The summed E-state index contributed by atoms with van der Waals surface area (Å²) < 4.78 is 52.6. The van der Waals surface area contributed by atoms with E-state index in [4.69, 9.17) is 5.73 Å². The molecule has 0 saturated carbocycles. The van der Waals surface area contributed by atoms with Crippen LogP contribution in [0.5, 0.6) is 0 Å². The zero-order valence-electron chi connectivity index (χ0n) is 8.35. The van der Waals surface area contributed by atoms with Crippen LogP contribution in [0.25, 0.3) is 0 Å². The number of alkyl halides is 3. The molecule has 0 radical (unpaired) electrons. The number of hydrogen-bond acceptors (Lipinski definition) is 2. The average Bonchev–Trinajstić information content (AvgIpc) is 2.16. The van der Waals surface area contributed by atoms with Gasteiger partial charge in [-0.15, -0.1) is 0 Å². The molecule has 0 heterocycles. The summed E-state index contributed by atoms with van der Waals surface area (Å²) in [6.45, 7) is -1.53. The Balaban J connectivity index is 2.62. The second-order valence-electron chi connectivity index (χ2n) is 3.23. The van der Waals surface area contributed by atoms with E-state index in [0.29, 0.717) is 11.1 Å². The summed E-state index contributed by atoms with van der Waals surface area (Å²) in [6.07, 6.45) is -4.38. The molecule has 0 aliphatic carbocycles. The van der Waals surface area contributed by atoms with Gasteiger partial charge in [0.05, 0.1) is 6.61 Å². The molecule has 0 amide bonds. The first-order valence-corrected chi connectivity index (χ1v) is 4.54. The molecule has 0 saturated heterocycles. The molecule has 90 valence electrons. The Labute approximate surface area is 90.0 Å². The lowest BCUT2D eigenvalue weighted by molar-refractivity contribution is -0.176. The number of rotatable bonds is 4. The largest absolute Gasteiger partial charge is 0.411 e. The van der Waals surface area contributed by atoms with E-state index >= 15 is 0 Å². The molecular formula is C10H11F4NO. The quantitative estimate of drug-likeness (QED) is 0.816. The lowest BCUT2D eigenvalue weighted by atomic mass is 10.1. The van der Waals surface area contributed by atoms with Crippen molar-refractivity contribution in [1.29, 1.82) is 0 Å². The van der Waals surface area contributed by atoms with E-state index in [2.05, 4.69) is 4.74 Å². The van der Waals surface area contributed by atoms with Gasteiger partial charge in [0, 0.05) is 6.54 Å². The van der Waals surface area contributed by atoms with Gasteiger partial charge in [0.25, 0.3) is 0 Å². The predicted molar refractivity (Wildman–Crippen MR) is 50.0 cm³/mol. The standard InChI is InChI=1S/C10H11F4NO/c11-9-2-1-7(4-15)8(3-9)5-16-6-10(12,13)14/h1-3H,4-6,15H2. The molecule has 0 bridgehead atoms. The van der Waals surface area contributed by atoms with Gasteiger partial charge in [-0.25, -0.2) is 4.39 Å². The smallest absolute Gasteiger partial charge is 0.367 e. The maximum Gasteiger partial charge on any atom is 0.411 e. The number of benzene rings is 1. The Morgan fingerprint density at radius 1 is 1.19 bits per heavy atom. The van der Waals surface area contributed by atoms with Crippen molar-refractivity contribution < 1.29 is 22.3 Å². The third kappa shape index (κ3) is 4.16. The molecular weight excluding hydrogens is 226 g/mol. The topological polar surface area (TPSA) is 35.2 Å². The van der Waals surface area contributed by atoms with Crippen molar-refractivity contribution in [2.45, 2.75) is 19.3 Å². The molecule has 16 heavy (non-hydrogen) atoms. The van der Waals surface area contributed by atoms with Gasteiger partial charge in [-0.3, -0.25) is 0 Å². The zero-order chi connectivity index (χ0) is 12.2. The van der Waals surface area contributed by atoms with Gasteiger partial charge in [0.2, 0.25) is 0 Å². The summed E-state index contributed by atoms with van der Waals surface area (Å²) >= 11 is 0. The summed E-state index contributed by atoms with van der Waals surface area (Å²) in [6, 6.07) is 3.76. The molecule has 1 aromatic rings. The van der Waals surface area contributed by atoms with Crippen molar-refractivity contribution in [1.82, 2.24) is 0 Å². The van der Waals surface area contributed by atoms with E-state index in [1.54, 1.807) is 0 Å². The fraction of sp³-hybridized carbons (Fsp3) is 0.400. The lowest BCUT2D eigenvalue weighted by Crippen LogP contribution is -2.17. The first-order chi connectivity index (χ1) is 7.42. The van der Waals surface area contributed by atoms with E-state index in [1.165, 1.54) is 12.1 Å². The number of halogens is 4. The Kier molecular flexibility index (Phi) is 4.26. The van der Waals surface area contributed by atoms with Crippen molar-refractivity contribution in [3.8, 4) is 0 Å². The molecule has 0 aromatic heterocycles. The van der Waals surface area contributed by atoms with Crippen LogP contribution in [0.4, 0.5) is 17.6 Å². The minimum absolute atomic E-state index is 0.130. The Morgan fingerprint density at radius 2 is 1.88 bits per heavy atom. The van der Waals surface area contributed by atoms with Crippen LogP contribution in [0.2, 0.25) is 0 Å². The van der Waals surface area contributed by atoms with Crippen LogP contribution in [0.15, 0.2) is 18.2 Å². The second-order valence-corrected chi connectivity index (χ2v) is 3.23. The van der Waals surface area contributed by atoms with E-state index in [1.807, 2.05) is 0 Å². The van der Waals surface area contributed by atoms with Crippen LogP contribution in [-0.2, 0) is 17.9 Å². The molecule has 0 fully saturated rings. The van der Waals surface area contributed by atoms with Gasteiger partial charge >= 0.3 is 6.18 Å². The van der Waals surface area contributed by atoms with Gasteiger partial charge in [-0.1, -0.05) is 6.07 Å². The molecule has 0 spiro atoms. The third-order valence-electron chi connectivity index (χ3n) is 1.91. The third-order valence-corrected chi connectivity index (χ3v) is 1.91. The minimum Gasteiger partial charge on any atom is -0.367 e. The monoisotopic (exact) mass is 237 g/mol. The fourth-order valence-corrected chi connectivity index (χ4v) is 1.20. The van der Waals surface area contributed by atoms with E-state index in [9.17, 15) is 17.6 Å². The van der Waals surface area contributed by atoms with Gasteiger partial charge in [0.1, 0.15) is 12.4 Å². The molecule has 1 rings (SSSR count). The van der Waals surface area contributed by atoms with Gasteiger partial charge < -0.3 is 10.5 Å². The van der Waals surface area contributed by atoms with Crippen molar-refractivity contribution in [3.05, 3.63) is 35.1 Å². The van der Waals surface area contributed by atoms with Crippen LogP contribution in [0.3, 0.4) is 0 Å². The highest BCUT2D eigenvalue weighted by Crippen LogP contribution is 2.17. The van der Waals surface area contributed by atoms with Crippen LogP contribution >= 0.6 is 0 Å². The minimum atomic E-state index is -4.38. The normalized spacial score (nSPS) is 11.8. The maximum absolute atomic E-state index is 12.8. The van der Waals surface area contributed by atoms with Crippen molar-refractivity contribution >= 4 is 0 Å². The number of ether oxygens (including phenoxy) is 1. The van der Waals surface area contributed by atoms with Gasteiger partial charge in [-0.2, -0.15) is 13.2 Å². The summed E-state index contributed by atoms with van der Waals surface area (Å²) in [5.74, 6) is -0.525. The van der Waals surface area contributed by atoms with Crippen LogP contribution < -0.4 is 5.73 Å². The first-order valence-electron chi connectivity index (χ1n) is 4.54. The molecule has 2 nitrogen and oxygen atoms in total. The predicted octanol–water partition coefficient (Wildman–Crippen LogP) is 2.36. The van der Waals surface area contributed by atoms with Crippen molar-refractivity contribution in [2.24, 2.45) is 5.73 Å². The van der Waals surface area contributed by atoms with E-state index < -0.39 is 18.6 Å². The van der Waals surface area contributed by atoms with Crippen molar-refractivity contribution in [3.63, 3.8) is 0 Å². The highest BCUT2D eigenvalue weighted by molar-refractivity contribution is 5.27. The molecule has 0 aliphatic rings. The van der Waals surface area contributed by atoms with Crippen LogP contribution in [0, 0.1) is 5.82 Å². The molecule has 1 aromatic carbocycles. The fourth-order valence-electron chi connectivity index (χ4n) is 1.20. The summed E-state index contributed by atoms with van der Waals surface area (Å²) in [5, 5.41) is 0. The molecule has 2 N–H and O–H groups in total. The maximum atomic E-state index is 12.8. The molecule has 0 atom stereocenters. The van der Waals surface area contributed by atoms with Crippen molar-refractivity contribution in [2.75, 3.05) is 6.61 Å². The van der Waals surface area contributed by atoms with E-state index in [-0.39, 0.29) is 13.2 Å². The Morgan fingerprint density at radius 3 is 2.44 bits per heavy atom. The van der Waals surface area contributed by atoms with Gasteiger partial charge in [-0.05, 0) is 23.3 Å². The summed E-state index contributed by atoms with van der Waals surface area (Å²) in [5.41, 5.74) is 6.27. The molecule has 0 unspecified atom stereocenters. The summed E-state index contributed by atoms with van der Waals surface area (Å²) in [4.78, 5) is 0. The number of nitrogens with two attached hydrogens (primary N) is 1. The number of hydrogen-bond donors (Lipinski definition) is 1. The Bertz CT molecular complexity index is 351. The molecule has 6 heteroatoms. The van der Waals surface area contributed by atoms with Crippen LogP contribution in [-0.4, -0.2) is 12.8 Å². The first kappa shape index (κ1) is 12.9. The highest BCUT2D eigenvalue weighted by atomic mass is 19.4. The molecule has 0 aliphatic heterocycles. The summed E-state index contributed by atoms with van der Waals surface area (Å²) in [7, 11) is 0. The SMILES string of the molecule is NCc1ccc(F)cc1COCC(F)(F)F. The lowest BCUT2D eigenvalue weighted by Gasteiger charge is -2.10. The zero-order valence-corrected chi connectivity index (χ0v) is 8.35.